The first-order valence-electron chi connectivity index (χ1n) is 6.29. The summed E-state index contributed by atoms with van der Waals surface area (Å²) in [5, 5.41) is 0.711. The molecule has 0 aliphatic rings. The largest absolute Gasteiger partial charge is 0.321 e. The van der Waals surface area contributed by atoms with Gasteiger partial charge in [-0.25, -0.2) is 4.98 Å². The zero-order valence-electron chi connectivity index (χ0n) is 11.0. The minimum absolute atomic E-state index is 0.0484. The molecule has 0 radical (unpaired) electrons. The molecule has 0 saturated carbocycles. The molecule has 1 aromatic heterocycles. The normalized spacial score (nSPS) is 12.3. The number of imidazole rings is 1. The van der Waals surface area contributed by atoms with Crippen LogP contribution in [0.2, 0.25) is 5.02 Å². The van der Waals surface area contributed by atoms with E-state index in [9.17, 15) is 0 Å². The van der Waals surface area contributed by atoms with Crippen LogP contribution < -0.4 is 0 Å². The summed E-state index contributed by atoms with van der Waals surface area (Å²) in [6.07, 6.45) is 2.09. The average molecular weight is 285 g/mol. The lowest BCUT2D eigenvalue weighted by molar-refractivity contribution is 0.296. The Labute approximate surface area is 118 Å². The van der Waals surface area contributed by atoms with E-state index in [4.69, 9.17) is 23.2 Å². The first-order chi connectivity index (χ1) is 8.55. The van der Waals surface area contributed by atoms with Crippen LogP contribution in [0.5, 0.6) is 0 Å². The quantitative estimate of drug-likeness (QED) is 0.726. The van der Waals surface area contributed by atoms with Crippen molar-refractivity contribution in [3.8, 4) is 0 Å². The number of aromatic nitrogens is 2. The molecule has 0 N–H and O–H groups in total. The summed E-state index contributed by atoms with van der Waals surface area (Å²) in [4.78, 5) is 4.60. The van der Waals surface area contributed by atoms with E-state index < -0.39 is 0 Å². The second-order valence-electron chi connectivity index (χ2n) is 4.83. The van der Waals surface area contributed by atoms with E-state index >= 15 is 0 Å². The van der Waals surface area contributed by atoms with Crippen LogP contribution >= 0.6 is 23.2 Å². The van der Waals surface area contributed by atoms with Gasteiger partial charge in [-0.2, -0.15) is 0 Å². The third kappa shape index (κ3) is 2.12. The number of hydrogen-bond donors (Lipinski definition) is 0. The molecular weight excluding hydrogens is 267 g/mol. The van der Waals surface area contributed by atoms with Crippen molar-refractivity contribution < 1.29 is 0 Å². The Hall–Kier alpha value is -0.730. The minimum Gasteiger partial charge on any atom is -0.321 e. The highest BCUT2D eigenvalue weighted by molar-refractivity contribution is 6.31. The van der Waals surface area contributed by atoms with Gasteiger partial charge in [-0.1, -0.05) is 25.4 Å². The van der Waals surface area contributed by atoms with Gasteiger partial charge in [-0.05, 0) is 38.0 Å². The molecule has 0 saturated heterocycles. The van der Waals surface area contributed by atoms with Crippen LogP contribution in [0.4, 0.5) is 0 Å². The van der Waals surface area contributed by atoms with Gasteiger partial charge in [0.2, 0.25) is 0 Å². The predicted molar refractivity (Wildman–Crippen MR) is 78.5 cm³/mol. The second kappa shape index (κ2) is 5.10. The number of benzene rings is 1. The number of nitrogens with zero attached hydrogens (tertiary/aromatic N) is 2. The summed E-state index contributed by atoms with van der Waals surface area (Å²) in [5.41, 5.74) is 2.08. The molecule has 0 amide bonds. The van der Waals surface area contributed by atoms with Gasteiger partial charge in [-0.15, -0.1) is 11.6 Å². The molecule has 18 heavy (non-hydrogen) atoms. The van der Waals surface area contributed by atoms with E-state index in [0.29, 0.717) is 10.9 Å². The van der Waals surface area contributed by atoms with E-state index in [1.54, 1.807) is 0 Å². The Morgan fingerprint density at radius 1 is 1.28 bits per heavy atom. The lowest BCUT2D eigenvalue weighted by Gasteiger charge is -2.31. The van der Waals surface area contributed by atoms with Gasteiger partial charge < -0.3 is 4.57 Å². The molecule has 2 nitrogen and oxygen atoms in total. The zero-order valence-corrected chi connectivity index (χ0v) is 12.5. The van der Waals surface area contributed by atoms with Crippen LogP contribution in [0.1, 0.15) is 39.4 Å². The molecule has 98 valence electrons. The smallest absolute Gasteiger partial charge is 0.125 e. The van der Waals surface area contributed by atoms with Crippen LogP contribution in [0.3, 0.4) is 0 Å². The van der Waals surface area contributed by atoms with Crippen molar-refractivity contribution in [2.24, 2.45) is 0 Å². The zero-order chi connectivity index (χ0) is 13.3. The van der Waals surface area contributed by atoms with Crippen LogP contribution in [0.25, 0.3) is 11.0 Å². The van der Waals surface area contributed by atoms with E-state index in [0.717, 1.165) is 29.7 Å². The lowest BCUT2D eigenvalue weighted by Crippen LogP contribution is -2.29. The SMILES string of the molecule is CCC(C)(CC)n1c(CCl)nc2cc(Cl)ccc21. The number of fused-ring (bicyclic) bond motifs is 1. The molecule has 1 aromatic carbocycles. The second-order valence-corrected chi connectivity index (χ2v) is 5.54. The van der Waals surface area contributed by atoms with E-state index in [1.165, 1.54) is 0 Å². The molecule has 0 atom stereocenters. The maximum atomic E-state index is 6.05. The van der Waals surface area contributed by atoms with Crippen molar-refractivity contribution in [2.75, 3.05) is 0 Å². The average Bonchev–Trinajstić information content (AvgIpc) is 2.75. The number of rotatable bonds is 4. The Bertz CT molecular complexity index is 556. The van der Waals surface area contributed by atoms with Crippen molar-refractivity contribution in [3.05, 3.63) is 29.0 Å². The highest BCUT2D eigenvalue weighted by Crippen LogP contribution is 2.32. The van der Waals surface area contributed by atoms with Gasteiger partial charge in [0.25, 0.3) is 0 Å². The maximum absolute atomic E-state index is 6.05. The summed E-state index contributed by atoms with van der Waals surface area (Å²) in [6, 6.07) is 5.84. The summed E-state index contributed by atoms with van der Waals surface area (Å²) in [7, 11) is 0. The Morgan fingerprint density at radius 2 is 1.94 bits per heavy atom. The van der Waals surface area contributed by atoms with Crippen molar-refractivity contribution in [2.45, 2.75) is 45.0 Å². The monoisotopic (exact) mass is 284 g/mol. The maximum Gasteiger partial charge on any atom is 0.125 e. The van der Waals surface area contributed by atoms with E-state index in [2.05, 4.69) is 30.3 Å². The topological polar surface area (TPSA) is 17.8 Å². The molecule has 0 aliphatic carbocycles. The molecule has 0 bridgehead atoms. The van der Waals surface area contributed by atoms with Gasteiger partial charge >= 0.3 is 0 Å². The van der Waals surface area contributed by atoms with Crippen molar-refractivity contribution >= 4 is 34.2 Å². The molecule has 0 unspecified atom stereocenters. The Kier molecular flexibility index (Phi) is 3.88. The summed E-state index contributed by atoms with van der Waals surface area (Å²) >= 11 is 12.1. The fourth-order valence-electron chi connectivity index (χ4n) is 2.36. The Balaban J connectivity index is 2.75. The third-order valence-electron chi connectivity index (χ3n) is 3.87. The fourth-order valence-corrected chi connectivity index (χ4v) is 2.71. The third-order valence-corrected chi connectivity index (χ3v) is 4.34. The number of halogens is 2. The molecule has 2 aromatic rings. The summed E-state index contributed by atoms with van der Waals surface area (Å²) in [6.45, 7) is 6.64. The van der Waals surface area contributed by atoms with Gasteiger partial charge in [0.05, 0.1) is 16.9 Å². The first-order valence-corrected chi connectivity index (χ1v) is 7.20. The van der Waals surface area contributed by atoms with Gasteiger partial charge in [0.1, 0.15) is 5.82 Å². The predicted octanol–water partition coefficient (Wildman–Crippen LogP) is 4.96. The van der Waals surface area contributed by atoms with Crippen LogP contribution in [0, 0.1) is 0 Å². The van der Waals surface area contributed by atoms with Gasteiger partial charge in [-0.3, -0.25) is 0 Å². The van der Waals surface area contributed by atoms with Crippen molar-refractivity contribution in [1.82, 2.24) is 9.55 Å². The molecule has 0 spiro atoms. The molecule has 0 fully saturated rings. The van der Waals surface area contributed by atoms with Crippen LogP contribution in [0.15, 0.2) is 18.2 Å². The van der Waals surface area contributed by atoms with Gasteiger partial charge in [0, 0.05) is 10.6 Å². The summed E-state index contributed by atoms with van der Waals surface area (Å²) in [5.74, 6) is 1.34. The van der Waals surface area contributed by atoms with E-state index in [1.807, 2.05) is 18.2 Å². The minimum atomic E-state index is 0.0484. The molecule has 1 heterocycles. The highest BCUT2D eigenvalue weighted by Gasteiger charge is 2.27. The molecule has 2 rings (SSSR count). The molecular formula is C14H18Cl2N2. The van der Waals surface area contributed by atoms with Crippen molar-refractivity contribution in [3.63, 3.8) is 0 Å². The van der Waals surface area contributed by atoms with Crippen LogP contribution in [-0.2, 0) is 11.4 Å². The van der Waals surface area contributed by atoms with Crippen LogP contribution in [-0.4, -0.2) is 9.55 Å². The highest BCUT2D eigenvalue weighted by atomic mass is 35.5. The standard InChI is InChI=1S/C14H18Cl2N2/c1-4-14(3,5-2)18-12-7-6-10(16)8-11(12)17-13(18)9-15/h6-8H,4-5,9H2,1-3H3. The van der Waals surface area contributed by atoms with Gasteiger partial charge in [0.15, 0.2) is 0 Å². The number of hydrogen-bond acceptors (Lipinski definition) is 1. The summed E-state index contributed by atoms with van der Waals surface area (Å²) < 4.78 is 2.27. The molecule has 0 aliphatic heterocycles. The lowest BCUT2D eigenvalue weighted by atomic mass is 9.94. The fraction of sp³-hybridized carbons (Fsp3) is 0.500. The number of alkyl halides is 1. The van der Waals surface area contributed by atoms with E-state index in [-0.39, 0.29) is 5.54 Å². The Morgan fingerprint density at radius 3 is 2.50 bits per heavy atom. The van der Waals surface area contributed by atoms with Crippen molar-refractivity contribution in [1.29, 1.82) is 0 Å². The first kappa shape index (κ1) is 13.7. The molecule has 4 heteroatoms.